The number of alkyl halides is 1. The van der Waals surface area contributed by atoms with Gasteiger partial charge in [0.2, 0.25) is 0 Å². The number of rotatable bonds is 2. The molecule has 0 heterocycles. The fourth-order valence-electron chi connectivity index (χ4n) is 1.93. The van der Waals surface area contributed by atoms with E-state index < -0.39 is 0 Å². The first-order valence-electron chi connectivity index (χ1n) is 4.92. The maximum atomic E-state index is 6.25. The summed E-state index contributed by atoms with van der Waals surface area (Å²) in [5, 5.41) is 0.390. The molecule has 0 nitrogen and oxygen atoms in total. The maximum Gasteiger partial charge on any atom is 0.0364 e. The molecule has 0 saturated heterocycles. The molecular weight excluding hydrogens is 168 g/mol. The molecule has 1 saturated carbocycles. The van der Waals surface area contributed by atoms with Crippen LogP contribution in [0.5, 0.6) is 0 Å². The highest BCUT2D eigenvalue weighted by atomic mass is 35.5. The molecule has 0 aromatic carbocycles. The second-order valence-electron chi connectivity index (χ2n) is 3.66. The summed E-state index contributed by atoms with van der Waals surface area (Å²) >= 11 is 6.25. The van der Waals surface area contributed by atoms with E-state index in [1.807, 2.05) is 0 Å². The lowest BCUT2D eigenvalue weighted by molar-refractivity contribution is 0.441. The predicted molar refractivity (Wildman–Crippen MR) is 54.3 cm³/mol. The zero-order chi connectivity index (χ0) is 8.81. The van der Waals surface area contributed by atoms with Gasteiger partial charge in [-0.15, -0.1) is 23.9 Å². The van der Waals surface area contributed by atoms with Crippen LogP contribution in [0.2, 0.25) is 0 Å². The van der Waals surface area contributed by atoms with Crippen LogP contribution >= 0.6 is 11.6 Å². The Balaban J connectivity index is 2.32. The molecule has 68 valence electrons. The number of hydrogen-bond acceptors (Lipinski definition) is 0. The summed E-state index contributed by atoms with van der Waals surface area (Å²) in [7, 11) is 0. The Morgan fingerprint density at radius 3 is 2.75 bits per heavy atom. The van der Waals surface area contributed by atoms with Gasteiger partial charge < -0.3 is 0 Å². The van der Waals surface area contributed by atoms with Gasteiger partial charge >= 0.3 is 0 Å². The lowest BCUT2D eigenvalue weighted by Gasteiger charge is -2.17. The molecule has 0 aromatic rings. The average molecular weight is 185 g/mol. The van der Waals surface area contributed by atoms with E-state index in [4.69, 9.17) is 18.0 Å². The molecular formula is C11H17Cl. The van der Waals surface area contributed by atoms with Crippen molar-refractivity contribution in [2.75, 3.05) is 0 Å². The highest BCUT2D eigenvalue weighted by Crippen LogP contribution is 2.30. The van der Waals surface area contributed by atoms with E-state index in [0.717, 1.165) is 12.8 Å². The maximum absolute atomic E-state index is 6.25. The first kappa shape index (κ1) is 9.93. The van der Waals surface area contributed by atoms with Crippen molar-refractivity contribution in [1.82, 2.24) is 0 Å². The van der Waals surface area contributed by atoms with Crippen molar-refractivity contribution in [2.24, 2.45) is 5.92 Å². The van der Waals surface area contributed by atoms with Gasteiger partial charge in [0, 0.05) is 11.8 Å². The number of terminal acetylenes is 1. The topological polar surface area (TPSA) is 0 Å². The van der Waals surface area contributed by atoms with E-state index >= 15 is 0 Å². The first-order valence-corrected chi connectivity index (χ1v) is 5.35. The van der Waals surface area contributed by atoms with E-state index in [-0.39, 0.29) is 0 Å². The average Bonchev–Trinajstić information content (AvgIpc) is 2.27. The van der Waals surface area contributed by atoms with Crippen LogP contribution in [0.4, 0.5) is 0 Å². The van der Waals surface area contributed by atoms with Crippen molar-refractivity contribution in [3.8, 4) is 12.3 Å². The molecule has 1 fully saturated rings. The van der Waals surface area contributed by atoms with Crippen LogP contribution in [0.1, 0.15) is 44.9 Å². The molecule has 0 N–H and O–H groups in total. The standard InChI is InChI=1S/C11H17Cl/c1-2-3-7-10-8-5-4-6-9-11(10)12/h1,10-11H,3-9H2. The highest BCUT2D eigenvalue weighted by Gasteiger charge is 2.20. The minimum Gasteiger partial charge on any atom is -0.123 e. The van der Waals surface area contributed by atoms with Crippen molar-refractivity contribution in [1.29, 1.82) is 0 Å². The molecule has 0 aromatic heterocycles. The molecule has 0 amide bonds. The monoisotopic (exact) mass is 184 g/mol. The Labute approximate surface area is 80.7 Å². The van der Waals surface area contributed by atoms with Crippen LogP contribution in [-0.2, 0) is 0 Å². The molecule has 0 bridgehead atoms. The van der Waals surface area contributed by atoms with Crippen LogP contribution in [0.25, 0.3) is 0 Å². The Bertz CT molecular complexity index is 157. The smallest absolute Gasteiger partial charge is 0.0364 e. The Morgan fingerprint density at radius 2 is 2.00 bits per heavy atom. The molecule has 2 unspecified atom stereocenters. The van der Waals surface area contributed by atoms with Crippen LogP contribution in [0.3, 0.4) is 0 Å². The lowest BCUT2D eigenvalue weighted by Crippen LogP contribution is -2.12. The molecule has 1 aliphatic carbocycles. The zero-order valence-corrected chi connectivity index (χ0v) is 8.32. The molecule has 0 radical (unpaired) electrons. The summed E-state index contributed by atoms with van der Waals surface area (Å²) in [6.45, 7) is 0. The Morgan fingerprint density at radius 1 is 1.25 bits per heavy atom. The van der Waals surface area contributed by atoms with Gasteiger partial charge in [-0.05, 0) is 25.2 Å². The Hall–Kier alpha value is -0.150. The van der Waals surface area contributed by atoms with Crippen LogP contribution in [0, 0.1) is 18.3 Å². The van der Waals surface area contributed by atoms with Gasteiger partial charge in [0.15, 0.2) is 0 Å². The third-order valence-electron chi connectivity index (χ3n) is 2.73. The van der Waals surface area contributed by atoms with Gasteiger partial charge in [-0.3, -0.25) is 0 Å². The SMILES string of the molecule is C#CCCC1CCCCCC1Cl. The predicted octanol–water partition coefficient (Wildman–Crippen LogP) is 3.59. The molecule has 2 atom stereocenters. The van der Waals surface area contributed by atoms with Crippen molar-refractivity contribution >= 4 is 11.6 Å². The fraction of sp³-hybridized carbons (Fsp3) is 0.818. The summed E-state index contributed by atoms with van der Waals surface area (Å²) in [6, 6.07) is 0. The molecule has 1 rings (SSSR count). The van der Waals surface area contributed by atoms with Crippen LogP contribution in [-0.4, -0.2) is 5.38 Å². The van der Waals surface area contributed by atoms with Gasteiger partial charge in [0.1, 0.15) is 0 Å². The molecule has 1 aliphatic rings. The van der Waals surface area contributed by atoms with Crippen molar-refractivity contribution < 1.29 is 0 Å². The Kier molecular flexibility index (Phi) is 4.54. The summed E-state index contributed by atoms with van der Waals surface area (Å²) < 4.78 is 0. The summed E-state index contributed by atoms with van der Waals surface area (Å²) in [5.41, 5.74) is 0. The molecule has 1 heteroatoms. The minimum atomic E-state index is 0.390. The largest absolute Gasteiger partial charge is 0.123 e. The van der Waals surface area contributed by atoms with Crippen LogP contribution in [0.15, 0.2) is 0 Å². The minimum absolute atomic E-state index is 0.390. The van der Waals surface area contributed by atoms with Crippen LogP contribution < -0.4 is 0 Å². The van der Waals surface area contributed by atoms with Gasteiger partial charge in [-0.1, -0.05) is 19.3 Å². The molecule has 0 spiro atoms. The van der Waals surface area contributed by atoms with Crippen molar-refractivity contribution in [2.45, 2.75) is 50.3 Å². The summed E-state index contributed by atoms with van der Waals surface area (Å²) in [6.07, 6.45) is 13.8. The van der Waals surface area contributed by atoms with Gasteiger partial charge in [0.05, 0.1) is 0 Å². The van der Waals surface area contributed by atoms with E-state index in [0.29, 0.717) is 11.3 Å². The number of hydrogen-bond donors (Lipinski definition) is 0. The number of halogens is 1. The summed E-state index contributed by atoms with van der Waals surface area (Å²) in [5.74, 6) is 3.38. The zero-order valence-electron chi connectivity index (χ0n) is 7.56. The summed E-state index contributed by atoms with van der Waals surface area (Å²) in [4.78, 5) is 0. The van der Waals surface area contributed by atoms with Crippen molar-refractivity contribution in [3.63, 3.8) is 0 Å². The third-order valence-corrected chi connectivity index (χ3v) is 3.30. The molecule has 12 heavy (non-hydrogen) atoms. The quantitative estimate of drug-likeness (QED) is 0.350. The van der Waals surface area contributed by atoms with E-state index in [1.165, 1.54) is 32.1 Å². The second kappa shape index (κ2) is 5.49. The second-order valence-corrected chi connectivity index (χ2v) is 4.22. The van der Waals surface area contributed by atoms with E-state index in [1.54, 1.807) is 0 Å². The van der Waals surface area contributed by atoms with Gasteiger partial charge in [-0.2, -0.15) is 0 Å². The van der Waals surface area contributed by atoms with Crippen molar-refractivity contribution in [3.05, 3.63) is 0 Å². The van der Waals surface area contributed by atoms with Gasteiger partial charge in [0.25, 0.3) is 0 Å². The third kappa shape index (κ3) is 3.07. The van der Waals surface area contributed by atoms with E-state index in [9.17, 15) is 0 Å². The molecule has 0 aliphatic heterocycles. The normalized spacial score (nSPS) is 30.7. The van der Waals surface area contributed by atoms with E-state index in [2.05, 4.69) is 5.92 Å². The fourth-order valence-corrected chi connectivity index (χ4v) is 2.34. The highest BCUT2D eigenvalue weighted by molar-refractivity contribution is 6.20. The lowest BCUT2D eigenvalue weighted by atomic mass is 9.95. The van der Waals surface area contributed by atoms with Gasteiger partial charge in [-0.25, -0.2) is 0 Å². The first-order chi connectivity index (χ1) is 5.84.